The molecule has 1 heterocycles. The molecule has 0 radical (unpaired) electrons. The van der Waals surface area contributed by atoms with Crippen LogP contribution >= 0.6 is 0 Å². The van der Waals surface area contributed by atoms with Crippen molar-refractivity contribution >= 4 is 12.3 Å². The standard InChI is InChI=1S/C8H10N2O.C2H6/c1-4-7-9-8(11-3)6-10(7)5-2;1-2/h4-6H,1-2H2,3H3;1-2H3. The van der Waals surface area contributed by atoms with Crippen LogP contribution in [0, 0.1) is 0 Å². The van der Waals surface area contributed by atoms with Gasteiger partial charge in [0.1, 0.15) is 5.82 Å². The summed E-state index contributed by atoms with van der Waals surface area (Å²) in [4.78, 5) is 4.07. The lowest BCUT2D eigenvalue weighted by Crippen LogP contribution is -1.85. The molecule has 0 saturated heterocycles. The average Bonchev–Trinajstić information content (AvgIpc) is 2.63. The van der Waals surface area contributed by atoms with E-state index < -0.39 is 0 Å². The largest absolute Gasteiger partial charge is 0.480 e. The first-order valence-corrected chi connectivity index (χ1v) is 4.19. The quantitative estimate of drug-likeness (QED) is 0.715. The second-order valence-electron chi connectivity index (χ2n) is 1.94. The number of nitrogens with zero attached hydrogens (tertiary/aromatic N) is 2. The summed E-state index contributed by atoms with van der Waals surface area (Å²) in [6, 6.07) is 0. The third-order valence-corrected chi connectivity index (χ3v) is 1.33. The fraction of sp³-hybridized carbons (Fsp3) is 0.300. The minimum absolute atomic E-state index is 0.569. The molecule has 0 aliphatic heterocycles. The molecule has 0 amide bonds. The molecule has 0 aromatic carbocycles. The monoisotopic (exact) mass is 180 g/mol. The van der Waals surface area contributed by atoms with Crippen LogP contribution in [0.15, 0.2) is 19.4 Å². The number of rotatable bonds is 3. The summed E-state index contributed by atoms with van der Waals surface area (Å²) >= 11 is 0. The smallest absolute Gasteiger partial charge is 0.232 e. The highest BCUT2D eigenvalue weighted by Gasteiger charge is 2.00. The molecule has 0 aliphatic carbocycles. The molecular formula is C10H16N2O. The van der Waals surface area contributed by atoms with Gasteiger partial charge in [-0.2, -0.15) is 4.98 Å². The Morgan fingerprint density at radius 3 is 2.38 bits per heavy atom. The number of ether oxygens (including phenoxy) is 1. The number of hydrogen-bond donors (Lipinski definition) is 0. The van der Waals surface area contributed by atoms with Crippen molar-refractivity contribution in [1.82, 2.24) is 9.55 Å². The molecular weight excluding hydrogens is 164 g/mol. The molecule has 0 atom stereocenters. The van der Waals surface area contributed by atoms with Gasteiger partial charge in [-0.3, -0.25) is 0 Å². The second kappa shape index (κ2) is 6.06. The maximum atomic E-state index is 4.91. The van der Waals surface area contributed by atoms with Gasteiger partial charge in [0, 0.05) is 6.20 Å². The van der Waals surface area contributed by atoms with E-state index in [4.69, 9.17) is 4.74 Å². The van der Waals surface area contributed by atoms with E-state index in [1.807, 2.05) is 13.8 Å². The first-order chi connectivity index (χ1) is 6.31. The highest BCUT2D eigenvalue weighted by molar-refractivity contribution is 5.43. The lowest BCUT2D eigenvalue weighted by Gasteiger charge is -1.90. The average molecular weight is 180 g/mol. The molecule has 0 spiro atoms. The van der Waals surface area contributed by atoms with Crippen molar-refractivity contribution in [3.8, 4) is 5.88 Å². The van der Waals surface area contributed by atoms with Crippen LogP contribution in [0.1, 0.15) is 19.7 Å². The highest BCUT2D eigenvalue weighted by atomic mass is 16.5. The summed E-state index contributed by atoms with van der Waals surface area (Å²) in [6.45, 7) is 11.2. The Labute approximate surface area is 79.4 Å². The van der Waals surface area contributed by atoms with Gasteiger partial charge in [-0.05, 0) is 6.08 Å². The zero-order valence-electron chi connectivity index (χ0n) is 8.45. The summed E-state index contributed by atoms with van der Waals surface area (Å²) in [7, 11) is 1.57. The third-order valence-electron chi connectivity index (χ3n) is 1.33. The Kier molecular flexibility index (Phi) is 5.35. The van der Waals surface area contributed by atoms with Crippen LogP contribution in [0.5, 0.6) is 5.88 Å². The van der Waals surface area contributed by atoms with E-state index in [9.17, 15) is 0 Å². The van der Waals surface area contributed by atoms with Crippen molar-refractivity contribution in [2.24, 2.45) is 0 Å². The summed E-state index contributed by atoms with van der Waals surface area (Å²) < 4.78 is 6.65. The molecule has 0 fully saturated rings. The van der Waals surface area contributed by atoms with E-state index in [0.717, 1.165) is 5.82 Å². The molecule has 0 unspecified atom stereocenters. The number of hydrogen-bond acceptors (Lipinski definition) is 2. The van der Waals surface area contributed by atoms with Crippen molar-refractivity contribution in [2.75, 3.05) is 7.11 Å². The number of imidazole rings is 1. The van der Waals surface area contributed by atoms with Crippen LogP contribution < -0.4 is 4.74 Å². The molecule has 3 heteroatoms. The second-order valence-corrected chi connectivity index (χ2v) is 1.94. The normalized spacial score (nSPS) is 8.23. The lowest BCUT2D eigenvalue weighted by atomic mass is 10.6. The van der Waals surface area contributed by atoms with Crippen molar-refractivity contribution in [1.29, 1.82) is 0 Å². The summed E-state index contributed by atoms with van der Waals surface area (Å²) in [5.41, 5.74) is 0. The topological polar surface area (TPSA) is 27.1 Å². The fourth-order valence-corrected chi connectivity index (χ4v) is 0.780. The van der Waals surface area contributed by atoms with Gasteiger partial charge in [-0.1, -0.05) is 27.0 Å². The first kappa shape index (κ1) is 11.5. The minimum Gasteiger partial charge on any atom is -0.480 e. The molecule has 1 aromatic rings. The highest BCUT2D eigenvalue weighted by Crippen LogP contribution is 2.10. The molecule has 0 N–H and O–H groups in total. The van der Waals surface area contributed by atoms with Crippen molar-refractivity contribution in [3.05, 3.63) is 25.2 Å². The van der Waals surface area contributed by atoms with Gasteiger partial charge in [0.2, 0.25) is 5.88 Å². The van der Waals surface area contributed by atoms with E-state index in [2.05, 4.69) is 18.1 Å². The van der Waals surface area contributed by atoms with Crippen molar-refractivity contribution in [3.63, 3.8) is 0 Å². The van der Waals surface area contributed by atoms with E-state index in [-0.39, 0.29) is 0 Å². The molecule has 1 aromatic heterocycles. The Hall–Kier alpha value is -1.51. The van der Waals surface area contributed by atoms with Gasteiger partial charge in [0.25, 0.3) is 0 Å². The van der Waals surface area contributed by atoms with E-state index >= 15 is 0 Å². The molecule has 0 bridgehead atoms. The molecule has 13 heavy (non-hydrogen) atoms. The Morgan fingerprint density at radius 1 is 1.46 bits per heavy atom. The lowest BCUT2D eigenvalue weighted by molar-refractivity contribution is 0.400. The van der Waals surface area contributed by atoms with Crippen LogP contribution in [-0.2, 0) is 0 Å². The number of aromatic nitrogens is 2. The fourth-order valence-electron chi connectivity index (χ4n) is 0.780. The van der Waals surface area contributed by atoms with Gasteiger partial charge in [-0.25, -0.2) is 0 Å². The minimum atomic E-state index is 0.569. The van der Waals surface area contributed by atoms with Gasteiger partial charge >= 0.3 is 0 Å². The summed E-state index contributed by atoms with van der Waals surface area (Å²) in [5.74, 6) is 1.30. The Balaban J connectivity index is 0.000000671. The van der Waals surface area contributed by atoms with E-state index in [0.29, 0.717) is 5.88 Å². The predicted octanol–water partition coefficient (Wildman–Crippen LogP) is 2.66. The van der Waals surface area contributed by atoms with E-state index in [1.54, 1.807) is 30.1 Å². The Morgan fingerprint density at radius 2 is 2.08 bits per heavy atom. The zero-order chi connectivity index (χ0) is 10.3. The van der Waals surface area contributed by atoms with Crippen LogP contribution in [0.4, 0.5) is 0 Å². The first-order valence-electron chi connectivity index (χ1n) is 4.19. The molecule has 0 aliphatic rings. The third kappa shape index (κ3) is 2.78. The predicted molar refractivity (Wildman–Crippen MR) is 56.6 cm³/mol. The maximum absolute atomic E-state index is 4.91. The van der Waals surface area contributed by atoms with Gasteiger partial charge in [-0.15, -0.1) is 0 Å². The zero-order valence-corrected chi connectivity index (χ0v) is 8.45. The molecule has 1 rings (SSSR count). The van der Waals surface area contributed by atoms with Gasteiger partial charge in [0.05, 0.1) is 13.3 Å². The maximum Gasteiger partial charge on any atom is 0.232 e. The van der Waals surface area contributed by atoms with Gasteiger partial charge in [0.15, 0.2) is 0 Å². The SMILES string of the molecule is C=Cc1nc(OC)cn1C=C.CC. The van der Waals surface area contributed by atoms with Gasteiger partial charge < -0.3 is 9.30 Å². The molecule has 72 valence electrons. The van der Waals surface area contributed by atoms with E-state index in [1.165, 1.54) is 0 Å². The van der Waals surface area contributed by atoms with Crippen LogP contribution in [0.3, 0.4) is 0 Å². The number of methoxy groups -OCH3 is 1. The van der Waals surface area contributed by atoms with Crippen LogP contribution in [0.2, 0.25) is 0 Å². The van der Waals surface area contributed by atoms with Crippen molar-refractivity contribution < 1.29 is 4.74 Å². The summed E-state index contributed by atoms with van der Waals surface area (Å²) in [5, 5.41) is 0. The molecule has 3 nitrogen and oxygen atoms in total. The van der Waals surface area contributed by atoms with Crippen LogP contribution in [0.25, 0.3) is 12.3 Å². The van der Waals surface area contributed by atoms with Crippen molar-refractivity contribution in [2.45, 2.75) is 13.8 Å². The summed E-state index contributed by atoms with van der Waals surface area (Å²) in [6.07, 6.45) is 5.03. The molecule has 0 saturated carbocycles. The van der Waals surface area contributed by atoms with Crippen LogP contribution in [-0.4, -0.2) is 16.7 Å². The Bertz CT molecular complexity index is 251.